The van der Waals surface area contributed by atoms with Crippen molar-refractivity contribution in [1.29, 1.82) is 15.8 Å². The number of methoxy groups -OCH3 is 1. The highest BCUT2D eigenvalue weighted by molar-refractivity contribution is 7.70. The SMILES string of the molecule is CC(C)(CC#N)c1c(-c2ccc(C(=O)O)c(F)c2)c2cc3c(cc2n1-c1ccc(F)cc1)C=NC3.CC(C)(CC#N)c1c(-c2ccc(P(C)(C)=O)cc2)c2cc3c(cc2n1-c1ccc(F)cc1)C=NC3.COc1nc(C(=O)O)ccc1-c1c(C(C)(C)CC#N)n(-c2ccc(F)cc2)c2cc3c(cc12)CN=C3. The molecule has 12 aromatic rings. The highest BCUT2D eigenvalue weighted by atomic mass is 31.2. The molecule has 0 saturated carbocycles. The minimum atomic E-state index is -2.39. The number of hydrogen-bond acceptors (Lipinski definition) is 11. The minimum absolute atomic E-state index is 0.134. The quantitative estimate of drug-likeness (QED) is 0.0685. The number of fused-ring (bicyclic) bond motifs is 6. The molecule has 0 radical (unpaired) electrons. The first-order chi connectivity index (χ1) is 50.6. The predicted molar refractivity (Wildman–Crippen MR) is 407 cm³/mol. The van der Waals surface area contributed by atoms with Gasteiger partial charge in [-0.2, -0.15) is 15.8 Å². The third-order valence-electron chi connectivity index (χ3n) is 19.7. The van der Waals surface area contributed by atoms with Crippen LogP contribution in [0.2, 0.25) is 0 Å². The van der Waals surface area contributed by atoms with E-state index in [1.165, 1.54) is 61.7 Å². The summed E-state index contributed by atoms with van der Waals surface area (Å²) in [6.45, 7) is 17.2. The smallest absolute Gasteiger partial charge is 0.354 e. The van der Waals surface area contributed by atoms with Gasteiger partial charge in [-0.15, -0.1) is 0 Å². The second-order valence-electron chi connectivity index (χ2n) is 28.8. The lowest BCUT2D eigenvalue weighted by molar-refractivity contribution is 0.0680. The number of aromatic carboxylic acids is 2. The fourth-order valence-corrected chi connectivity index (χ4v) is 15.5. The Labute approximate surface area is 609 Å². The normalized spacial score (nSPS) is 12.8. The molecule has 21 heteroatoms. The van der Waals surface area contributed by atoms with Crippen LogP contribution in [0.3, 0.4) is 0 Å². The van der Waals surface area contributed by atoms with E-state index in [2.05, 4.69) is 74.8 Å². The summed E-state index contributed by atoms with van der Waals surface area (Å²) in [5, 5.41) is 51.4. The number of benzene rings is 8. The molecule has 0 bridgehead atoms. The number of pyridine rings is 1. The highest BCUT2D eigenvalue weighted by Crippen LogP contribution is 2.50. The number of nitrogens with zero attached hydrogens (tertiary/aromatic N) is 10. The molecule has 16 nitrogen and oxygen atoms in total. The van der Waals surface area contributed by atoms with Crippen molar-refractivity contribution >= 4 is 75.7 Å². The molecule has 106 heavy (non-hydrogen) atoms. The number of ether oxygens (including phenoxy) is 1. The van der Waals surface area contributed by atoms with Crippen LogP contribution in [0.25, 0.3) is 83.2 Å². The maximum Gasteiger partial charge on any atom is 0.354 e. The lowest BCUT2D eigenvalue weighted by Crippen LogP contribution is -2.22. The van der Waals surface area contributed by atoms with Gasteiger partial charge in [0.05, 0.1) is 67.1 Å². The maximum atomic E-state index is 14.9. The number of carboxylic acid groups (broad SMARTS) is 2. The maximum absolute atomic E-state index is 14.9. The topological polar surface area (TPSA) is 237 Å². The number of halogens is 4. The molecular weight excluding hydrogens is 1360 g/mol. The molecule has 0 spiro atoms. The first-order valence-corrected chi connectivity index (χ1v) is 36.7. The monoisotopic (exact) mass is 1430 g/mol. The third-order valence-corrected chi connectivity index (χ3v) is 21.3. The lowest BCUT2D eigenvalue weighted by Gasteiger charge is -2.27. The molecule has 0 aliphatic carbocycles. The van der Waals surface area contributed by atoms with Crippen LogP contribution in [0.1, 0.15) is 132 Å². The average molecular weight is 1440 g/mol. The van der Waals surface area contributed by atoms with Crippen molar-refractivity contribution in [3.8, 4) is 74.5 Å². The molecule has 0 saturated heterocycles. The number of carboxylic acids is 2. The molecule has 2 N–H and O–H groups in total. The Hall–Kier alpha value is -12.3. The minimum Gasteiger partial charge on any atom is -0.481 e. The number of hydrogen-bond donors (Lipinski definition) is 2. The van der Waals surface area contributed by atoms with Gasteiger partial charge in [0.25, 0.3) is 0 Å². The summed E-state index contributed by atoms with van der Waals surface area (Å²) in [6.07, 6.45) is 6.23. The number of aliphatic imine (C=N–C) groups is 3. The summed E-state index contributed by atoms with van der Waals surface area (Å²) in [6, 6.07) is 53.3. The fourth-order valence-electron chi connectivity index (χ4n) is 14.6. The molecule has 4 aromatic heterocycles. The zero-order valence-corrected chi connectivity index (χ0v) is 60.4. The van der Waals surface area contributed by atoms with Gasteiger partial charge >= 0.3 is 11.9 Å². The number of carbonyl (C=O) groups is 2. The Bertz CT molecular complexity index is 5880. The Balaban J connectivity index is 0.000000141. The number of nitriles is 3. The standard InChI is InChI=1S/C29H27FN3OP.C28H21F2N3O2.C28H23FN4O3/c1-29(2,13-14-31)28-27(19-5-11-24(12-6-19)35(3,4)34)25-15-20-17-32-18-21(20)16-26(25)33(28)23-9-7-22(30)8-10-23;1-28(2,9-10-31)26-25(16-3-8-21(27(34)35)23(30)12-16)22-11-17-14-32-15-18(17)13-24(22)33(26)20-6-4-19(29)5-7-20;1-28(2,10-11-30)25-24(20-8-9-22(27(34)35)32-26(20)36-3)21-12-16-14-31-15-17(16)13-23(21)33(25)19-6-4-18(29)5-7-19/h5-12,15-16,18H,13,17H2,1-4H3;3-8,11-13,15H,9,14H2,1-2H3,(H,34,35);4-9,12-13,15H,10,14H2,1-3H3,(H,34,35). The van der Waals surface area contributed by atoms with E-state index in [4.69, 9.17) is 4.74 Å². The van der Waals surface area contributed by atoms with E-state index in [-0.39, 0.29) is 41.9 Å². The molecule has 3 aliphatic heterocycles. The third kappa shape index (κ3) is 13.4. The van der Waals surface area contributed by atoms with Crippen molar-refractivity contribution in [2.75, 3.05) is 20.4 Å². The first kappa shape index (κ1) is 72.1. The van der Waals surface area contributed by atoms with E-state index in [1.807, 2.05) is 91.7 Å². The van der Waals surface area contributed by atoms with Gasteiger partial charge in [0.1, 0.15) is 30.4 Å². The second kappa shape index (κ2) is 28.1. The fraction of sp³-hybridized carbons (Fsp3) is 0.212. The van der Waals surface area contributed by atoms with Crippen LogP contribution >= 0.6 is 7.14 Å². The predicted octanol–water partition coefficient (Wildman–Crippen LogP) is 18.9. The summed E-state index contributed by atoms with van der Waals surface area (Å²) < 4.78 is 80.8. The van der Waals surface area contributed by atoms with Gasteiger partial charge in [0, 0.05) is 132 Å². The van der Waals surface area contributed by atoms with Crippen molar-refractivity contribution < 1.29 is 46.7 Å². The molecular formula is C85H71F4N10O6P. The zero-order chi connectivity index (χ0) is 75.5. The van der Waals surface area contributed by atoms with E-state index in [9.17, 15) is 57.7 Å². The summed E-state index contributed by atoms with van der Waals surface area (Å²) >= 11 is 0. The Kier molecular flexibility index (Phi) is 19.1. The van der Waals surface area contributed by atoms with Gasteiger partial charge in [0.15, 0.2) is 5.69 Å². The molecule has 7 heterocycles. The molecule has 15 rings (SSSR count). The second-order valence-corrected chi connectivity index (χ2v) is 32.1. The van der Waals surface area contributed by atoms with E-state index < -0.39 is 46.7 Å². The largest absolute Gasteiger partial charge is 0.481 e. The van der Waals surface area contributed by atoms with Crippen molar-refractivity contribution in [3.63, 3.8) is 0 Å². The summed E-state index contributed by atoms with van der Waals surface area (Å²) in [5.41, 5.74) is 16.0. The van der Waals surface area contributed by atoms with Gasteiger partial charge in [-0.25, -0.2) is 32.1 Å². The van der Waals surface area contributed by atoms with Crippen LogP contribution in [0.4, 0.5) is 17.6 Å². The van der Waals surface area contributed by atoms with Crippen LogP contribution in [-0.2, 0) is 40.4 Å². The molecule has 0 atom stereocenters. The Morgan fingerprint density at radius 3 is 1.21 bits per heavy atom. The van der Waals surface area contributed by atoms with E-state index in [0.29, 0.717) is 48.4 Å². The molecule has 530 valence electrons. The van der Waals surface area contributed by atoms with Gasteiger partial charge in [-0.3, -0.25) is 15.0 Å². The van der Waals surface area contributed by atoms with E-state index in [1.54, 1.807) is 68.1 Å². The van der Waals surface area contributed by atoms with Gasteiger partial charge in [-0.1, -0.05) is 71.9 Å². The number of aromatic nitrogens is 4. The Morgan fingerprint density at radius 1 is 0.491 bits per heavy atom. The van der Waals surface area contributed by atoms with Gasteiger partial charge < -0.3 is 33.2 Å². The summed E-state index contributed by atoms with van der Waals surface area (Å²) in [5.74, 6) is -4.20. The molecule has 0 fully saturated rings. The van der Waals surface area contributed by atoms with Crippen molar-refractivity contribution in [2.24, 2.45) is 15.0 Å². The van der Waals surface area contributed by atoms with E-state index in [0.717, 1.165) is 117 Å². The Morgan fingerprint density at radius 2 is 0.858 bits per heavy atom. The summed E-state index contributed by atoms with van der Waals surface area (Å²) in [7, 11) is -0.945. The average Bonchev–Trinajstić information content (AvgIpc) is 1.58. The van der Waals surface area contributed by atoms with E-state index >= 15 is 0 Å². The van der Waals surface area contributed by atoms with Crippen LogP contribution in [0, 0.1) is 57.3 Å². The van der Waals surface area contributed by atoms with Crippen molar-refractivity contribution in [1.82, 2.24) is 18.7 Å². The molecule has 0 amide bonds. The first-order valence-electron chi connectivity index (χ1n) is 34.1. The molecule has 8 aromatic carbocycles. The highest BCUT2D eigenvalue weighted by Gasteiger charge is 2.37. The molecule has 0 unspecified atom stereocenters. The molecule has 3 aliphatic rings. The van der Waals surface area contributed by atoms with Crippen LogP contribution in [-0.4, -0.2) is 79.9 Å². The zero-order valence-electron chi connectivity index (χ0n) is 59.5. The number of rotatable bonds is 16. The van der Waals surface area contributed by atoms with Gasteiger partial charge in [-0.05, 0) is 191 Å². The summed E-state index contributed by atoms with van der Waals surface area (Å²) in [4.78, 5) is 40.5. The van der Waals surface area contributed by atoms with Gasteiger partial charge in [0.2, 0.25) is 5.88 Å². The van der Waals surface area contributed by atoms with Crippen LogP contribution < -0.4 is 10.0 Å². The van der Waals surface area contributed by atoms with Crippen LogP contribution in [0.15, 0.2) is 179 Å². The van der Waals surface area contributed by atoms with Crippen molar-refractivity contribution in [2.45, 2.75) is 96.7 Å². The van der Waals surface area contributed by atoms with Crippen LogP contribution in [0.5, 0.6) is 5.88 Å². The lowest BCUT2D eigenvalue weighted by atomic mass is 9.81. The van der Waals surface area contributed by atoms with Crippen molar-refractivity contribution in [3.05, 3.63) is 249 Å².